The lowest BCUT2D eigenvalue weighted by molar-refractivity contribution is 0.348. The standard InChI is InChI=1S/C14H16N2O3/c1-9-5-10(2)7-11(6-9)19-14-15-12(17-3)8-13(16-14)18-4/h5-8H,1-4H3. The predicted octanol–water partition coefficient (Wildman–Crippen LogP) is 2.90. The molecule has 0 bridgehead atoms. The second-order valence-corrected chi connectivity index (χ2v) is 4.16. The number of aryl methyl sites for hydroxylation is 2. The smallest absolute Gasteiger partial charge is 0.328 e. The molecule has 0 radical (unpaired) electrons. The van der Waals surface area contributed by atoms with Crippen molar-refractivity contribution < 1.29 is 14.2 Å². The van der Waals surface area contributed by atoms with Crippen molar-refractivity contribution in [2.75, 3.05) is 14.2 Å². The van der Waals surface area contributed by atoms with E-state index in [1.807, 2.05) is 26.0 Å². The van der Waals surface area contributed by atoms with Gasteiger partial charge in [-0.25, -0.2) is 0 Å². The van der Waals surface area contributed by atoms with Crippen LogP contribution < -0.4 is 14.2 Å². The maximum Gasteiger partial charge on any atom is 0.328 e. The van der Waals surface area contributed by atoms with Crippen LogP contribution in [-0.4, -0.2) is 24.2 Å². The first-order valence-electron chi connectivity index (χ1n) is 5.84. The summed E-state index contributed by atoms with van der Waals surface area (Å²) in [6.07, 6.45) is 0. The van der Waals surface area contributed by atoms with Gasteiger partial charge in [0.1, 0.15) is 5.75 Å². The van der Waals surface area contributed by atoms with Crippen molar-refractivity contribution >= 4 is 0 Å². The van der Waals surface area contributed by atoms with E-state index in [-0.39, 0.29) is 6.01 Å². The van der Waals surface area contributed by atoms with Crippen molar-refractivity contribution in [1.82, 2.24) is 9.97 Å². The van der Waals surface area contributed by atoms with Crippen LogP contribution in [0.4, 0.5) is 0 Å². The second kappa shape index (κ2) is 5.56. The molecule has 0 atom stereocenters. The van der Waals surface area contributed by atoms with Gasteiger partial charge in [-0.05, 0) is 37.1 Å². The van der Waals surface area contributed by atoms with Crippen LogP contribution in [0.1, 0.15) is 11.1 Å². The van der Waals surface area contributed by atoms with E-state index in [1.54, 1.807) is 6.07 Å². The molecule has 19 heavy (non-hydrogen) atoms. The van der Waals surface area contributed by atoms with Gasteiger partial charge in [0.15, 0.2) is 0 Å². The molecule has 0 spiro atoms. The Morgan fingerprint density at radius 2 is 1.32 bits per heavy atom. The molecule has 0 aliphatic heterocycles. The van der Waals surface area contributed by atoms with Gasteiger partial charge in [0.2, 0.25) is 11.8 Å². The Balaban J connectivity index is 2.31. The van der Waals surface area contributed by atoms with E-state index in [9.17, 15) is 0 Å². The molecular weight excluding hydrogens is 244 g/mol. The number of hydrogen-bond donors (Lipinski definition) is 0. The van der Waals surface area contributed by atoms with Crippen molar-refractivity contribution in [3.8, 4) is 23.5 Å². The minimum Gasteiger partial charge on any atom is -0.481 e. The normalized spacial score (nSPS) is 10.1. The maximum absolute atomic E-state index is 5.64. The van der Waals surface area contributed by atoms with Crippen LogP contribution in [0, 0.1) is 13.8 Å². The number of hydrogen-bond acceptors (Lipinski definition) is 5. The van der Waals surface area contributed by atoms with E-state index in [4.69, 9.17) is 14.2 Å². The zero-order chi connectivity index (χ0) is 13.8. The Morgan fingerprint density at radius 3 is 1.79 bits per heavy atom. The quantitative estimate of drug-likeness (QED) is 0.846. The van der Waals surface area contributed by atoms with E-state index in [1.165, 1.54) is 14.2 Å². The Hall–Kier alpha value is -2.30. The molecule has 0 saturated carbocycles. The summed E-state index contributed by atoms with van der Waals surface area (Å²) in [6.45, 7) is 4.01. The van der Waals surface area contributed by atoms with Gasteiger partial charge in [0, 0.05) is 0 Å². The lowest BCUT2D eigenvalue weighted by Crippen LogP contribution is -1.98. The van der Waals surface area contributed by atoms with Gasteiger partial charge in [0.05, 0.1) is 20.3 Å². The highest BCUT2D eigenvalue weighted by atomic mass is 16.5. The van der Waals surface area contributed by atoms with Gasteiger partial charge in [-0.2, -0.15) is 9.97 Å². The van der Waals surface area contributed by atoms with E-state index < -0.39 is 0 Å². The first-order chi connectivity index (χ1) is 9.10. The number of benzene rings is 1. The molecular formula is C14H16N2O3. The summed E-state index contributed by atoms with van der Waals surface area (Å²) in [5.74, 6) is 1.48. The van der Waals surface area contributed by atoms with Gasteiger partial charge in [-0.15, -0.1) is 0 Å². The monoisotopic (exact) mass is 260 g/mol. The summed E-state index contributed by atoms with van der Waals surface area (Å²) in [6, 6.07) is 7.69. The maximum atomic E-state index is 5.64. The average Bonchev–Trinajstić information content (AvgIpc) is 2.37. The molecule has 1 aromatic heterocycles. The minimum absolute atomic E-state index is 0.196. The summed E-state index contributed by atoms with van der Waals surface area (Å²) < 4.78 is 15.8. The summed E-state index contributed by atoms with van der Waals surface area (Å²) >= 11 is 0. The number of methoxy groups -OCH3 is 2. The third kappa shape index (κ3) is 3.34. The van der Waals surface area contributed by atoms with Crippen LogP contribution in [0.15, 0.2) is 24.3 Å². The Bertz CT molecular complexity index is 542. The van der Waals surface area contributed by atoms with Crippen LogP contribution in [0.25, 0.3) is 0 Å². The summed E-state index contributed by atoms with van der Waals surface area (Å²) in [4.78, 5) is 8.24. The molecule has 1 aromatic carbocycles. The fourth-order valence-corrected chi connectivity index (χ4v) is 1.74. The summed E-state index contributed by atoms with van der Waals surface area (Å²) in [5.41, 5.74) is 2.23. The Labute approximate surface area is 112 Å². The molecule has 0 amide bonds. The van der Waals surface area contributed by atoms with Gasteiger partial charge in [0.25, 0.3) is 0 Å². The molecule has 0 N–H and O–H groups in total. The molecule has 2 rings (SSSR count). The lowest BCUT2D eigenvalue weighted by atomic mass is 10.1. The van der Waals surface area contributed by atoms with Crippen molar-refractivity contribution in [2.45, 2.75) is 13.8 Å². The Morgan fingerprint density at radius 1 is 0.789 bits per heavy atom. The first-order valence-corrected chi connectivity index (χ1v) is 5.84. The summed E-state index contributed by atoms with van der Waals surface area (Å²) in [5, 5.41) is 0. The van der Waals surface area contributed by atoms with E-state index in [0.29, 0.717) is 17.5 Å². The van der Waals surface area contributed by atoms with Gasteiger partial charge in [-0.1, -0.05) is 6.07 Å². The fourth-order valence-electron chi connectivity index (χ4n) is 1.74. The van der Waals surface area contributed by atoms with E-state index in [0.717, 1.165) is 11.1 Å². The van der Waals surface area contributed by atoms with Gasteiger partial charge in [-0.3, -0.25) is 0 Å². The molecule has 0 aliphatic carbocycles. The molecule has 5 heteroatoms. The van der Waals surface area contributed by atoms with E-state index in [2.05, 4.69) is 16.0 Å². The zero-order valence-electron chi connectivity index (χ0n) is 11.4. The Kier molecular flexibility index (Phi) is 3.85. The highest BCUT2D eigenvalue weighted by Crippen LogP contribution is 2.25. The molecule has 0 saturated heterocycles. The molecule has 0 aliphatic rings. The summed E-state index contributed by atoms with van der Waals surface area (Å²) in [7, 11) is 3.06. The van der Waals surface area contributed by atoms with Crippen LogP contribution in [0.5, 0.6) is 23.5 Å². The second-order valence-electron chi connectivity index (χ2n) is 4.16. The molecule has 5 nitrogen and oxygen atoms in total. The van der Waals surface area contributed by atoms with Crippen LogP contribution in [-0.2, 0) is 0 Å². The SMILES string of the molecule is COc1cc(OC)nc(Oc2cc(C)cc(C)c2)n1. The molecule has 1 heterocycles. The molecule has 0 fully saturated rings. The lowest BCUT2D eigenvalue weighted by Gasteiger charge is -2.08. The van der Waals surface area contributed by atoms with Gasteiger partial charge < -0.3 is 14.2 Å². The molecule has 2 aromatic rings. The highest BCUT2D eigenvalue weighted by Gasteiger charge is 2.08. The third-order valence-corrected chi connectivity index (χ3v) is 2.48. The predicted molar refractivity (Wildman–Crippen MR) is 71.1 cm³/mol. The fraction of sp³-hybridized carbons (Fsp3) is 0.286. The van der Waals surface area contributed by atoms with E-state index >= 15 is 0 Å². The van der Waals surface area contributed by atoms with Gasteiger partial charge >= 0.3 is 6.01 Å². The molecule has 0 unspecified atom stereocenters. The van der Waals surface area contributed by atoms with Crippen molar-refractivity contribution in [3.05, 3.63) is 35.4 Å². The van der Waals surface area contributed by atoms with Crippen LogP contribution >= 0.6 is 0 Å². The molecule has 100 valence electrons. The first kappa shape index (κ1) is 13.1. The van der Waals surface area contributed by atoms with Crippen LogP contribution in [0.2, 0.25) is 0 Å². The zero-order valence-corrected chi connectivity index (χ0v) is 11.4. The number of aromatic nitrogens is 2. The largest absolute Gasteiger partial charge is 0.481 e. The average molecular weight is 260 g/mol. The minimum atomic E-state index is 0.196. The van der Waals surface area contributed by atoms with Crippen molar-refractivity contribution in [1.29, 1.82) is 0 Å². The topological polar surface area (TPSA) is 53.5 Å². The van der Waals surface area contributed by atoms with Crippen molar-refractivity contribution in [2.24, 2.45) is 0 Å². The number of nitrogens with zero attached hydrogens (tertiary/aromatic N) is 2. The number of ether oxygens (including phenoxy) is 3. The van der Waals surface area contributed by atoms with Crippen molar-refractivity contribution in [3.63, 3.8) is 0 Å². The van der Waals surface area contributed by atoms with Crippen LogP contribution in [0.3, 0.4) is 0 Å². The third-order valence-electron chi connectivity index (χ3n) is 2.48. The number of rotatable bonds is 4. The highest BCUT2D eigenvalue weighted by molar-refractivity contribution is 5.35.